The summed E-state index contributed by atoms with van der Waals surface area (Å²) in [6.07, 6.45) is 2.80. The topological polar surface area (TPSA) is 53.3 Å². The Kier molecular flexibility index (Phi) is 6.53. The lowest BCUT2D eigenvalue weighted by atomic mass is 10.2. The van der Waals surface area contributed by atoms with Crippen LogP contribution in [0.25, 0.3) is 11.0 Å². The number of nitrogens with zero attached hydrogens (tertiary/aromatic N) is 2. The van der Waals surface area contributed by atoms with E-state index in [1.165, 1.54) is 0 Å². The van der Waals surface area contributed by atoms with Gasteiger partial charge in [-0.05, 0) is 43.6 Å². The fraction of sp³-hybridized carbons (Fsp3) is 0.579. The standard InChI is InChI=1S/C19H29ClN2O3Si/c1-7-24-18(23)14-13-16(20)21-15-9-11-22(17(14)15)10-8-12-25-26(5,6)19(2,3)4/h9,11,13H,7-8,10,12H2,1-6H3. The highest BCUT2D eigenvalue weighted by atomic mass is 35.5. The van der Waals surface area contributed by atoms with Crippen molar-refractivity contribution in [3.8, 4) is 0 Å². The highest BCUT2D eigenvalue weighted by molar-refractivity contribution is 6.74. The summed E-state index contributed by atoms with van der Waals surface area (Å²) >= 11 is 6.05. The highest BCUT2D eigenvalue weighted by Gasteiger charge is 2.36. The Balaban J connectivity index is 2.14. The molecule has 0 aliphatic carbocycles. The Morgan fingerprint density at radius 1 is 1.35 bits per heavy atom. The molecule has 2 aromatic heterocycles. The lowest BCUT2D eigenvalue weighted by molar-refractivity contribution is 0.0528. The van der Waals surface area contributed by atoms with E-state index in [1.54, 1.807) is 13.0 Å². The number of aryl methyl sites for hydroxylation is 1. The predicted octanol–water partition coefficient (Wildman–Crippen LogP) is 5.28. The van der Waals surface area contributed by atoms with Crippen LogP contribution in [0.3, 0.4) is 0 Å². The second-order valence-electron chi connectivity index (χ2n) is 7.92. The molecule has 0 amide bonds. The van der Waals surface area contributed by atoms with Crippen LogP contribution >= 0.6 is 11.6 Å². The quantitative estimate of drug-likeness (QED) is 0.276. The number of ether oxygens (including phenoxy) is 1. The zero-order chi connectivity index (χ0) is 19.5. The first-order valence-corrected chi connectivity index (χ1v) is 12.3. The van der Waals surface area contributed by atoms with Crippen LogP contribution in [0.2, 0.25) is 23.3 Å². The predicted molar refractivity (Wildman–Crippen MR) is 108 cm³/mol. The summed E-state index contributed by atoms with van der Waals surface area (Å²) in [5, 5.41) is 0.491. The summed E-state index contributed by atoms with van der Waals surface area (Å²) in [5.74, 6) is -0.376. The maximum absolute atomic E-state index is 12.3. The van der Waals surface area contributed by atoms with Crippen LogP contribution in [0.1, 0.15) is 44.5 Å². The van der Waals surface area contributed by atoms with Crippen molar-refractivity contribution in [2.45, 2.75) is 58.8 Å². The number of hydrogen-bond acceptors (Lipinski definition) is 4. The van der Waals surface area contributed by atoms with Crippen LogP contribution in [0.4, 0.5) is 0 Å². The van der Waals surface area contributed by atoms with Crippen LogP contribution in [0.5, 0.6) is 0 Å². The number of rotatable bonds is 7. The van der Waals surface area contributed by atoms with E-state index >= 15 is 0 Å². The zero-order valence-electron chi connectivity index (χ0n) is 16.6. The Bertz CT molecular complexity index is 781. The summed E-state index contributed by atoms with van der Waals surface area (Å²) in [4.78, 5) is 16.6. The van der Waals surface area contributed by atoms with Crippen LogP contribution in [0, 0.1) is 0 Å². The molecule has 0 saturated carbocycles. The molecular formula is C19H29ClN2O3Si. The molecule has 144 valence electrons. The van der Waals surface area contributed by atoms with E-state index in [2.05, 4.69) is 38.8 Å². The highest BCUT2D eigenvalue weighted by Crippen LogP contribution is 2.36. The van der Waals surface area contributed by atoms with Gasteiger partial charge in [0.15, 0.2) is 8.32 Å². The molecule has 0 radical (unpaired) electrons. The van der Waals surface area contributed by atoms with Gasteiger partial charge in [0, 0.05) is 19.3 Å². The first-order valence-electron chi connectivity index (χ1n) is 9.03. The molecule has 2 rings (SSSR count). The molecule has 0 unspecified atom stereocenters. The van der Waals surface area contributed by atoms with E-state index in [1.807, 2.05) is 16.8 Å². The second-order valence-corrected chi connectivity index (χ2v) is 13.1. The number of halogens is 1. The van der Waals surface area contributed by atoms with E-state index in [0.29, 0.717) is 29.4 Å². The number of carbonyl (C=O) groups is 1. The molecule has 0 N–H and O–H groups in total. The van der Waals surface area contributed by atoms with Crippen LogP contribution in [0.15, 0.2) is 18.3 Å². The average Bonchev–Trinajstić information content (AvgIpc) is 2.92. The molecule has 2 heterocycles. The van der Waals surface area contributed by atoms with Gasteiger partial charge in [-0.3, -0.25) is 0 Å². The minimum Gasteiger partial charge on any atom is -0.462 e. The third-order valence-electron chi connectivity index (χ3n) is 5.00. The van der Waals surface area contributed by atoms with E-state index < -0.39 is 8.32 Å². The molecule has 0 bridgehead atoms. The van der Waals surface area contributed by atoms with Crippen molar-refractivity contribution in [3.63, 3.8) is 0 Å². The maximum Gasteiger partial charge on any atom is 0.340 e. The minimum absolute atomic E-state index is 0.199. The second kappa shape index (κ2) is 8.11. The molecule has 5 nitrogen and oxygen atoms in total. The normalized spacial score (nSPS) is 12.6. The van der Waals surface area contributed by atoms with Crippen LogP contribution < -0.4 is 0 Å². The third-order valence-corrected chi connectivity index (χ3v) is 9.73. The van der Waals surface area contributed by atoms with Crippen LogP contribution in [-0.2, 0) is 15.7 Å². The maximum atomic E-state index is 12.3. The van der Waals surface area contributed by atoms with Gasteiger partial charge in [0.2, 0.25) is 0 Å². The van der Waals surface area contributed by atoms with Gasteiger partial charge in [0.05, 0.1) is 23.2 Å². The summed E-state index contributed by atoms with van der Waals surface area (Å²) < 4.78 is 13.4. The van der Waals surface area contributed by atoms with Crippen molar-refractivity contribution in [2.24, 2.45) is 0 Å². The largest absolute Gasteiger partial charge is 0.462 e. The van der Waals surface area contributed by atoms with Crippen molar-refractivity contribution < 1.29 is 14.0 Å². The summed E-state index contributed by atoms with van der Waals surface area (Å²) in [5.41, 5.74) is 1.92. The molecule has 0 aliphatic rings. The van der Waals surface area contributed by atoms with Crippen LogP contribution in [-0.4, -0.2) is 37.1 Å². The molecule has 2 aromatic rings. The van der Waals surface area contributed by atoms with Gasteiger partial charge < -0.3 is 13.7 Å². The summed E-state index contributed by atoms with van der Waals surface area (Å²) in [6, 6.07) is 3.45. The van der Waals surface area contributed by atoms with Gasteiger partial charge in [0.1, 0.15) is 5.15 Å². The van der Waals surface area contributed by atoms with Gasteiger partial charge in [-0.1, -0.05) is 32.4 Å². The monoisotopic (exact) mass is 396 g/mol. The van der Waals surface area contributed by atoms with Crippen molar-refractivity contribution in [2.75, 3.05) is 13.2 Å². The fourth-order valence-electron chi connectivity index (χ4n) is 2.51. The van der Waals surface area contributed by atoms with Crippen molar-refractivity contribution in [1.29, 1.82) is 0 Å². The summed E-state index contributed by atoms with van der Waals surface area (Å²) in [7, 11) is -1.74. The molecule has 0 atom stereocenters. The molecule has 0 spiro atoms. The number of hydrogen-bond donors (Lipinski definition) is 0. The first-order chi connectivity index (χ1) is 12.1. The van der Waals surface area contributed by atoms with Gasteiger partial charge >= 0.3 is 5.97 Å². The van der Waals surface area contributed by atoms with Crippen molar-refractivity contribution in [3.05, 3.63) is 29.0 Å². The molecule has 0 aliphatic heterocycles. The van der Waals surface area contributed by atoms with Crippen molar-refractivity contribution in [1.82, 2.24) is 9.55 Å². The molecule has 26 heavy (non-hydrogen) atoms. The molecule has 0 saturated heterocycles. The minimum atomic E-state index is -1.74. The number of fused-ring (bicyclic) bond motifs is 1. The Labute approximate surface area is 161 Å². The van der Waals surface area contributed by atoms with E-state index in [-0.39, 0.29) is 11.0 Å². The van der Waals surface area contributed by atoms with Crippen molar-refractivity contribution >= 4 is 36.9 Å². The van der Waals surface area contributed by atoms with E-state index in [0.717, 1.165) is 18.5 Å². The number of carbonyl (C=O) groups excluding carboxylic acids is 1. The van der Waals surface area contributed by atoms with Gasteiger partial charge in [-0.2, -0.15) is 0 Å². The number of pyridine rings is 1. The SMILES string of the molecule is CCOC(=O)c1cc(Cl)nc2ccn(CCCO[Si](C)(C)C(C)(C)C)c12. The smallest absolute Gasteiger partial charge is 0.340 e. The Morgan fingerprint density at radius 2 is 2.04 bits per heavy atom. The fourth-order valence-corrected chi connectivity index (χ4v) is 3.80. The molecule has 0 aromatic carbocycles. The number of aromatic nitrogens is 2. The lowest BCUT2D eigenvalue weighted by Crippen LogP contribution is -2.41. The molecule has 0 fully saturated rings. The molecular weight excluding hydrogens is 368 g/mol. The average molecular weight is 397 g/mol. The first kappa shape index (κ1) is 20.9. The Morgan fingerprint density at radius 3 is 2.65 bits per heavy atom. The molecule has 7 heteroatoms. The van der Waals surface area contributed by atoms with Gasteiger partial charge in [-0.15, -0.1) is 0 Å². The third kappa shape index (κ3) is 4.67. The zero-order valence-corrected chi connectivity index (χ0v) is 18.3. The Hall–Kier alpha value is -1.37. The van der Waals surface area contributed by atoms with E-state index in [4.69, 9.17) is 20.8 Å². The number of esters is 1. The lowest BCUT2D eigenvalue weighted by Gasteiger charge is -2.36. The van der Waals surface area contributed by atoms with E-state index in [9.17, 15) is 4.79 Å². The van der Waals surface area contributed by atoms with Gasteiger partial charge in [-0.25, -0.2) is 9.78 Å². The summed E-state index contributed by atoms with van der Waals surface area (Å²) in [6.45, 7) is 14.8. The van der Waals surface area contributed by atoms with Gasteiger partial charge in [0.25, 0.3) is 0 Å².